The first-order valence-electron chi connectivity index (χ1n) is 10.3. The Morgan fingerprint density at radius 1 is 0.962 bits per heavy atom. The van der Waals surface area contributed by atoms with Crippen molar-refractivity contribution >= 4 is 5.57 Å². The van der Waals surface area contributed by atoms with E-state index in [0.717, 1.165) is 36.7 Å². The van der Waals surface area contributed by atoms with Gasteiger partial charge in [0.1, 0.15) is 0 Å². The minimum Gasteiger partial charge on any atom is -0.203 e. The molecule has 0 radical (unpaired) electrons. The molecule has 0 spiro atoms. The zero-order chi connectivity index (χ0) is 18.5. The maximum Gasteiger partial charge on any atom is 0.166 e. The summed E-state index contributed by atoms with van der Waals surface area (Å²) >= 11 is 0. The summed E-state index contributed by atoms with van der Waals surface area (Å²) in [6.45, 7) is 3.73. The smallest absolute Gasteiger partial charge is 0.166 e. The maximum atomic E-state index is 14.2. The molecule has 2 heteroatoms. The highest BCUT2D eigenvalue weighted by atomic mass is 19.2. The number of hydrogen-bond donors (Lipinski definition) is 0. The molecule has 1 aromatic rings. The fraction of sp³-hybridized carbons (Fsp3) is 0.583. The highest BCUT2D eigenvalue weighted by molar-refractivity contribution is 5.67. The quantitative estimate of drug-likeness (QED) is 0.475. The van der Waals surface area contributed by atoms with E-state index >= 15 is 0 Å². The van der Waals surface area contributed by atoms with Gasteiger partial charge in [-0.15, -0.1) is 0 Å². The minimum absolute atomic E-state index is 0.379. The molecular weight excluding hydrogens is 326 g/mol. The van der Waals surface area contributed by atoms with Crippen LogP contribution < -0.4 is 0 Å². The summed E-state index contributed by atoms with van der Waals surface area (Å²) in [6, 6.07) is 3.42. The molecule has 0 bridgehead atoms. The fourth-order valence-corrected chi connectivity index (χ4v) is 4.70. The first-order chi connectivity index (χ1) is 12.6. The lowest BCUT2D eigenvalue weighted by atomic mass is 9.77. The SMILES string of the molecule is CC=CC1CCC(CCC2CC=C(c3ccc(C)c(F)c3F)CC2)CC1. The molecule has 0 aromatic heterocycles. The number of aryl methyl sites for hydroxylation is 1. The van der Waals surface area contributed by atoms with E-state index < -0.39 is 11.6 Å². The Hall–Kier alpha value is -1.44. The number of allylic oxidation sites excluding steroid dienone is 4. The second-order valence-corrected chi connectivity index (χ2v) is 8.31. The van der Waals surface area contributed by atoms with Crippen molar-refractivity contribution < 1.29 is 8.78 Å². The number of benzene rings is 1. The molecule has 2 aliphatic rings. The van der Waals surface area contributed by atoms with Gasteiger partial charge in [-0.2, -0.15) is 0 Å². The molecule has 2 aliphatic carbocycles. The lowest BCUT2D eigenvalue weighted by Crippen LogP contribution is -2.15. The highest BCUT2D eigenvalue weighted by Crippen LogP contribution is 2.37. The zero-order valence-corrected chi connectivity index (χ0v) is 16.2. The predicted octanol–water partition coefficient (Wildman–Crippen LogP) is 7.62. The molecule has 3 rings (SSSR count). The van der Waals surface area contributed by atoms with Gasteiger partial charge in [0.2, 0.25) is 0 Å². The average Bonchev–Trinajstić information content (AvgIpc) is 2.67. The van der Waals surface area contributed by atoms with Gasteiger partial charge in [0.05, 0.1) is 0 Å². The maximum absolute atomic E-state index is 14.2. The van der Waals surface area contributed by atoms with Gasteiger partial charge in [-0.3, -0.25) is 0 Å². The zero-order valence-electron chi connectivity index (χ0n) is 16.2. The van der Waals surface area contributed by atoms with E-state index in [1.807, 2.05) is 0 Å². The minimum atomic E-state index is -0.695. The third-order valence-electron chi connectivity index (χ3n) is 6.48. The van der Waals surface area contributed by atoms with E-state index in [0.29, 0.717) is 17.0 Å². The molecular formula is C24H32F2. The Balaban J connectivity index is 1.49. The first-order valence-corrected chi connectivity index (χ1v) is 10.3. The number of rotatable bonds is 5. The van der Waals surface area contributed by atoms with Gasteiger partial charge in [-0.1, -0.05) is 36.8 Å². The molecule has 1 fully saturated rings. The largest absolute Gasteiger partial charge is 0.203 e. The van der Waals surface area contributed by atoms with Gasteiger partial charge in [-0.25, -0.2) is 8.78 Å². The molecule has 0 nitrogen and oxygen atoms in total. The Morgan fingerprint density at radius 2 is 1.69 bits per heavy atom. The van der Waals surface area contributed by atoms with Gasteiger partial charge in [-0.05, 0) is 94.1 Å². The lowest BCUT2D eigenvalue weighted by molar-refractivity contribution is 0.271. The molecule has 1 atom stereocenters. The molecule has 26 heavy (non-hydrogen) atoms. The summed E-state index contributed by atoms with van der Waals surface area (Å²) in [7, 11) is 0. The molecule has 0 N–H and O–H groups in total. The topological polar surface area (TPSA) is 0 Å². The third-order valence-corrected chi connectivity index (χ3v) is 6.48. The summed E-state index contributed by atoms with van der Waals surface area (Å²) in [5, 5.41) is 0. The predicted molar refractivity (Wildman–Crippen MR) is 106 cm³/mol. The summed E-state index contributed by atoms with van der Waals surface area (Å²) < 4.78 is 28.0. The second-order valence-electron chi connectivity index (χ2n) is 8.31. The summed E-state index contributed by atoms with van der Waals surface area (Å²) in [5.74, 6) is 1.05. The lowest BCUT2D eigenvalue weighted by Gasteiger charge is -2.29. The normalized spacial score (nSPS) is 26.9. The van der Waals surface area contributed by atoms with Crippen LogP contribution in [0.15, 0.2) is 30.4 Å². The molecule has 1 aromatic carbocycles. The molecule has 142 valence electrons. The van der Waals surface area contributed by atoms with Crippen molar-refractivity contribution in [3.63, 3.8) is 0 Å². The van der Waals surface area contributed by atoms with Crippen LogP contribution in [0.1, 0.15) is 75.8 Å². The summed E-state index contributed by atoms with van der Waals surface area (Å²) in [4.78, 5) is 0. The summed E-state index contributed by atoms with van der Waals surface area (Å²) in [5.41, 5.74) is 1.84. The van der Waals surface area contributed by atoms with E-state index in [2.05, 4.69) is 25.2 Å². The van der Waals surface area contributed by atoms with Crippen molar-refractivity contribution in [3.05, 3.63) is 53.1 Å². The van der Waals surface area contributed by atoms with E-state index in [1.54, 1.807) is 19.1 Å². The van der Waals surface area contributed by atoms with Crippen molar-refractivity contribution in [3.8, 4) is 0 Å². The van der Waals surface area contributed by atoms with Crippen molar-refractivity contribution in [2.75, 3.05) is 0 Å². The van der Waals surface area contributed by atoms with Crippen LogP contribution in [-0.4, -0.2) is 0 Å². The fourth-order valence-electron chi connectivity index (χ4n) is 4.70. The Kier molecular flexibility index (Phi) is 6.67. The van der Waals surface area contributed by atoms with Crippen LogP contribution in [0, 0.1) is 36.3 Å². The van der Waals surface area contributed by atoms with Crippen LogP contribution in [0.25, 0.3) is 5.57 Å². The van der Waals surface area contributed by atoms with Crippen LogP contribution in [-0.2, 0) is 0 Å². The Labute approximate surface area is 157 Å². The van der Waals surface area contributed by atoms with Gasteiger partial charge in [0.15, 0.2) is 11.6 Å². The molecule has 0 saturated heterocycles. The van der Waals surface area contributed by atoms with E-state index in [4.69, 9.17) is 0 Å². The van der Waals surface area contributed by atoms with Crippen LogP contribution in [0.4, 0.5) is 8.78 Å². The molecule has 1 unspecified atom stereocenters. The van der Waals surface area contributed by atoms with Gasteiger partial charge in [0, 0.05) is 5.56 Å². The van der Waals surface area contributed by atoms with Crippen LogP contribution in [0.5, 0.6) is 0 Å². The molecule has 0 amide bonds. The van der Waals surface area contributed by atoms with Gasteiger partial charge in [0.25, 0.3) is 0 Å². The second kappa shape index (κ2) is 8.97. The van der Waals surface area contributed by atoms with Gasteiger partial charge < -0.3 is 0 Å². The first kappa shape index (κ1) is 19.3. The van der Waals surface area contributed by atoms with Crippen molar-refractivity contribution in [1.82, 2.24) is 0 Å². The average molecular weight is 359 g/mol. The van der Waals surface area contributed by atoms with Crippen LogP contribution in [0.3, 0.4) is 0 Å². The highest BCUT2D eigenvalue weighted by Gasteiger charge is 2.23. The van der Waals surface area contributed by atoms with E-state index in [1.165, 1.54) is 38.5 Å². The Morgan fingerprint density at radius 3 is 2.35 bits per heavy atom. The third kappa shape index (κ3) is 4.64. The molecule has 0 heterocycles. The van der Waals surface area contributed by atoms with Crippen LogP contribution >= 0.6 is 0 Å². The van der Waals surface area contributed by atoms with Gasteiger partial charge >= 0.3 is 0 Å². The van der Waals surface area contributed by atoms with E-state index in [-0.39, 0.29) is 0 Å². The van der Waals surface area contributed by atoms with Crippen molar-refractivity contribution in [2.45, 2.75) is 71.6 Å². The Bertz CT molecular complexity index is 663. The monoisotopic (exact) mass is 358 g/mol. The van der Waals surface area contributed by atoms with Crippen molar-refractivity contribution in [1.29, 1.82) is 0 Å². The molecule has 0 aliphatic heterocycles. The van der Waals surface area contributed by atoms with E-state index in [9.17, 15) is 8.78 Å². The van der Waals surface area contributed by atoms with Crippen LogP contribution in [0.2, 0.25) is 0 Å². The number of halogens is 2. The summed E-state index contributed by atoms with van der Waals surface area (Å²) in [6.07, 6.45) is 17.8. The van der Waals surface area contributed by atoms with Crippen molar-refractivity contribution in [2.24, 2.45) is 17.8 Å². The number of hydrogen-bond acceptors (Lipinski definition) is 0. The standard InChI is InChI=1S/C24H32F2/c1-3-4-18-6-8-19(9-7-18)10-11-20-12-14-21(15-13-20)22-16-5-17(2)23(25)24(22)26/h3-5,14,16,18-20H,6-13,15H2,1-2H3. The molecule has 1 saturated carbocycles.